The topological polar surface area (TPSA) is 65.2 Å². The van der Waals surface area contributed by atoms with Crippen molar-refractivity contribution < 1.29 is 0 Å². The molecule has 2 aliphatic rings. The number of fused-ring (bicyclic) bond motifs is 1. The number of halogens is 1. The van der Waals surface area contributed by atoms with Crippen molar-refractivity contribution in [2.45, 2.75) is 38.1 Å². The van der Waals surface area contributed by atoms with Crippen LogP contribution >= 0.6 is 11.6 Å². The van der Waals surface area contributed by atoms with Gasteiger partial charge >= 0.3 is 0 Å². The molecule has 0 radical (unpaired) electrons. The molecular weight excluding hydrogens is 446 g/mol. The number of aromatic nitrogens is 2. The molecule has 2 aromatic heterocycles. The molecular formula is C27H30ClN5O. The zero-order chi connectivity index (χ0) is 23.7. The smallest absolute Gasteiger partial charge is 0.270 e. The minimum absolute atomic E-state index is 0.144. The molecule has 0 N–H and O–H groups in total. The largest absolute Gasteiger partial charge is 0.366 e. The summed E-state index contributed by atoms with van der Waals surface area (Å²) in [7, 11) is 1.68. The van der Waals surface area contributed by atoms with Crippen LogP contribution in [0, 0.1) is 17.2 Å². The van der Waals surface area contributed by atoms with E-state index in [1.54, 1.807) is 13.1 Å². The number of aryl methyl sites for hydroxylation is 1. The number of piperazine rings is 1. The lowest BCUT2D eigenvalue weighted by Gasteiger charge is -2.44. The minimum Gasteiger partial charge on any atom is -0.366 e. The van der Waals surface area contributed by atoms with Gasteiger partial charge in [-0.3, -0.25) is 9.69 Å². The number of rotatable bonds is 4. The molecule has 5 rings (SSSR count). The Kier molecular flexibility index (Phi) is 6.58. The summed E-state index contributed by atoms with van der Waals surface area (Å²) in [5.41, 5.74) is 3.18. The maximum Gasteiger partial charge on any atom is 0.270 e. The second-order valence-corrected chi connectivity index (χ2v) is 9.87. The SMILES string of the molecule is Cn1c(=O)c(C#N)c(N2CCN(C(c3ccccc3)C3CCCCC3)CC2)c2nc(Cl)ccc21. The summed E-state index contributed by atoms with van der Waals surface area (Å²) < 4.78 is 1.49. The van der Waals surface area contributed by atoms with E-state index in [2.05, 4.69) is 51.2 Å². The Morgan fingerprint density at radius 1 is 1.03 bits per heavy atom. The van der Waals surface area contributed by atoms with Gasteiger partial charge in [-0.15, -0.1) is 0 Å². The van der Waals surface area contributed by atoms with Crippen molar-refractivity contribution >= 4 is 28.3 Å². The van der Waals surface area contributed by atoms with Crippen LogP contribution in [0.3, 0.4) is 0 Å². The van der Waals surface area contributed by atoms with Crippen LogP contribution in [0.25, 0.3) is 11.0 Å². The molecule has 3 aromatic rings. The van der Waals surface area contributed by atoms with E-state index in [0.29, 0.717) is 33.8 Å². The Labute approximate surface area is 205 Å². The quantitative estimate of drug-likeness (QED) is 0.502. The van der Waals surface area contributed by atoms with Crippen molar-refractivity contribution in [3.8, 4) is 6.07 Å². The molecule has 1 aliphatic heterocycles. The first kappa shape index (κ1) is 22.9. The number of nitriles is 1. The van der Waals surface area contributed by atoms with Gasteiger partial charge in [0, 0.05) is 39.3 Å². The lowest BCUT2D eigenvalue weighted by atomic mass is 9.80. The van der Waals surface area contributed by atoms with E-state index >= 15 is 0 Å². The van der Waals surface area contributed by atoms with E-state index in [-0.39, 0.29) is 11.1 Å². The highest BCUT2D eigenvalue weighted by Gasteiger charge is 2.33. The summed E-state index contributed by atoms with van der Waals surface area (Å²) in [6.07, 6.45) is 6.52. The van der Waals surface area contributed by atoms with Crippen LogP contribution in [0.2, 0.25) is 5.15 Å². The minimum atomic E-state index is -0.291. The van der Waals surface area contributed by atoms with Crippen molar-refractivity contribution in [3.63, 3.8) is 0 Å². The summed E-state index contributed by atoms with van der Waals surface area (Å²) in [4.78, 5) is 22.3. The Hall–Kier alpha value is -2.88. The number of pyridine rings is 2. The molecule has 6 nitrogen and oxygen atoms in total. The number of hydrogen-bond acceptors (Lipinski definition) is 5. The van der Waals surface area contributed by atoms with E-state index in [9.17, 15) is 10.1 Å². The molecule has 2 fully saturated rings. The van der Waals surface area contributed by atoms with E-state index in [4.69, 9.17) is 11.6 Å². The number of nitrogens with zero attached hydrogens (tertiary/aromatic N) is 5. The Morgan fingerprint density at radius 2 is 1.74 bits per heavy atom. The van der Waals surface area contributed by atoms with Gasteiger partial charge in [-0.05, 0) is 36.5 Å². The van der Waals surface area contributed by atoms with Crippen molar-refractivity contribution in [1.82, 2.24) is 14.5 Å². The molecule has 1 atom stereocenters. The third kappa shape index (κ3) is 4.19. The summed E-state index contributed by atoms with van der Waals surface area (Å²) in [6, 6.07) is 17.0. The predicted octanol–water partition coefficient (Wildman–Crippen LogP) is 4.90. The highest BCUT2D eigenvalue weighted by molar-refractivity contribution is 6.29. The average molecular weight is 476 g/mol. The van der Waals surface area contributed by atoms with Crippen LogP contribution in [0.4, 0.5) is 5.69 Å². The number of hydrogen-bond donors (Lipinski definition) is 0. The molecule has 0 bridgehead atoms. The first-order valence-electron chi connectivity index (χ1n) is 12.2. The van der Waals surface area contributed by atoms with Crippen LogP contribution in [-0.2, 0) is 7.05 Å². The lowest BCUT2D eigenvalue weighted by Crippen LogP contribution is -2.50. The molecule has 3 heterocycles. The van der Waals surface area contributed by atoms with Gasteiger partial charge in [-0.2, -0.15) is 5.26 Å². The first-order valence-corrected chi connectivity index (χ1v) is 12.6. The van der Waals surface area contributed by atoms with Gasteiger partial charge in [0.1, 0.15) is 22.3 Å². The van der Waals surface area contributed by atoms with Crippen molar-refractivity contribution in [2.75, 3.05) is 31.1 Å². The summed E-state index contributed by atoms with van der Waals surface area (Å²) in [6.45, 7) is 3.22. The van der Waals surface area contributed by atoms with Gasteiger partial charge in [0.15, 0.2) is 0 Å². The molecule has 176 valence electrons. The van der Waals surface area contributed by atoms with E-state index in [1.807, 2.05) is 6.07 Å². The molecule has 1 saturated carbocycles. The highest BCUT2D eigenvalue weighted by atomic mass is 35.5. The Balaban J connectivity index is 1.47. The second kappa shape index (κ2) is 9.77. The predicted molar refractivity (Wildman–Crippen MR) is 136 cm³/mol. The fourth-order valence-corrected chi connectivity index (χ4v) is 6.03. The van der Waals surface area contributed by atoms with Crippen molar-refractivity contribution in [1.29, 1.82) is 5.26 Å². The van der Waals surface area contributed by atoms with E-state index in [0.717, 1.165) is 26.2 Å². The summed E-state index contributed by atoms with van der Waals surface area (Å²) >= 11 is 6.23. The fourth-order valence-electron chi connectivity index (χ4n) is 5.88. The van der Waals surface area contributed by atoms with Gasteiger partial charge in [0.2, 0.25) is 0 Å². The molecule has 0 amide bonds. The number of benzene rings is 1. The van der Waals surface area contributed by atoms with Gasteiger partial charge < -0.3 is 9.47 Å². The fraction of sp³-hybridized carbons (Fsp3) is 0.444. The maximum atomic E-state index is 13.0. The van der Waals surface area contributed by atoms with Crippen LogP contribution in [0.15, 0.2) is 47.3 Å². The molecule has 7 heteroatoms. The normalized spacial score (nSPS) is 18.7. The number of anilines is 1. The van der Waals surface area contributed by atoms with Gasteiger partial charge in [-0.25, -0.2) is 4.98 Å². The second-order valence-electron chi connectivity index (χ2n) is 9.48. The van der Waals surface area contributed by atoms with Crippen molar-refractivity contribution in [2.24, 2.45) is 13.0 Å². The van der Waals surface area contributed by atoms with E-state index < -0.39 is 0 Å². The molecule has 0 spiro atoms. The molecule has 1 unspecified atom stereocenters. The zero-order valence-electron chi connectivity index (χ0n) is 19.6. The Bertz CT molecular complexity index is 1270. The first-order chi connectivity index (χ1) is 16.6. The molecule has 1 aromatic carbocycles. The Morgan fingerprint density at radius 3 is 2.41 bits per heavy atom. The van der Waals surface area contributed by atoms with Crippen molar-refractivity contribution in [3.05, 3.63) is 69.1 Å². The molecule has 34 heavy (non-hydrogen) atoms. The van der Waals surface area contributed by atoms with Gasteiger partial charge in [0.25, 0.3) is 5.56 Å². The van der Waals surface area contributed by atoms with Crippen LogP contribution in [0.1, 0.15) is 49.3 Å². The highest BCUT2D eigenvalue weighted by Crippen LogP contribution is 2.39. The van der Waals surface area contributed by atoms with Crippen LogP contribution in [0.5, 0.6) is 0 Å². The molecule has 1 saturated heterocycles. The average Bonchev–Trinajstić information content (AvgIpc) is 2.88. The monoisotopic (exact) mass is 475 g/mol. The summed E-state index contributed by atoms with van der Waals surface area (Å²) in [5.74, 6) is 0.669. The summed E-state index contributed by atoms with van der Waals surface area (Å²) in [5, 5.41) is 10.2. The van der Waals surface area contributed by atoms with E-state index in [1.165, 1.54) is 42.2 Å². The van der Waals surface area contributed by atoms with Gasteiger partial charge in [0.05, 0.1) is 11.2 Å². The lowest BCUT2D eigenvalue weighted by molar-refractivity contribution is 0.110. The standard InChI is InChI=1S/C27H30ClN5O/c1-31-22-12-13-23(28)30-24(22)26(21(18-29)27(31)34)33-16-14-32(15-17-33)25(19-8-4-2-5-9-19)20-10-6-3-7-11-20/h2,4-5,8-9,12-13,20,25H,3,6-7,10-11,14-17H2,1H3. The van der Waals surface area contributed by atoms with Gasteiger partial charge in [-0.1, -0.05) is 61.2 Å². The van der Waals surface area contributed by atoms with Crippen LogP contribution < -0.4 is 10.5 Å². The van der Waals surface area contributed by atoms with Crippen LogP contribution in [-0.4, -0.2) is 40.6 Å². The molecule has 1 aliphatic carbocycles. The third-order valence-corrected chi connectivity index (χ3v) is 7.76. The maximum absolute atomic E-state index is 13.0. The third-order valence-electron chi connectivity index (χ3n) is 7.55. The zero-order valence-corrected chi connectivity index (χ0v) is 20.3.